The fourth-order valence-corrected chi connectivity index (χ4v) is 5.11. The summed E-state index contributed by atoms with van der Waals surface area (Å²) in [6.07, 6.45) is 41.1. The smallest absolute Gasteiger partial charge is 0.0755 e. The van der Waals surface area contributed by atoms with Crippen LogP contribution < -0.4 is 24.0 Å². The summed E-state index contributed by atoms with van der Waals surface area (Å²) < 4.78 is 34.0. The van der Waals surface area contributed by atoms with Crippen LogP contribution in [0, 0.1) is 10.2 Å². The maximum Gasteiger partial charge on any atom is 0.0755 e. The Labute approximate surface area is 240 Å². The SMILES string of the molecule is CCCCCCCCCCCCCCCC[NH2+]CCCCCCCCCCCCCCCC.[O-][Cl+3]([O-])([O-])[O-]. The Kier molecular flexibility index (Phi) is 37.2. The van der Waals surface area contributed by atoms with Gasteiger partial charge in [0.25, 0.3) is 0 Å². The van der Waals surface area contributed by atoms with Crippen LogP contribution in [0.5, 0.6) is 0 Å². The highest BCUT2D eigenvalue weighted by molar-refractivity contribution is 4.50. The lowest BCUT2D eigenvalue weighted by molar-refractivity contribution is -2.00. The van der Waals surface area contributed by atoms with Crippen LogP contribution in [-0.4, -0.2) is 13.1 Å². The molecule has 0 aromatic carbocycles. The molecule has 38 heavy (non-hydrogen) atoms. The minimum atomic E-state index is -4.94. The van der Waals surface area contributed by atoms with Gasteiger partial charge < -0.3 is 5.32 Å². The van der Waals surface area contributed by atoms with Crippen LogP contribution >= 0.6 is 0 Å². The Hall–Kier alpha value is 0.0900. The third kappa shape index (κ3) is 49.1. The molecule has 0 unspecified atom stereocenters. The largest absolute Gasteiger partial charge is 0.346 e. The van der Waals surface area contributed by atoms with Crippen molar-refractivity contribution >= 4 is 0 Å². The van der Waals surface area contributed by atoms with E-state index in [0.29, 0.717) is 0 Å². The van der Waals surface area contributed by atoms with Crippen molar-refractivity contribution in [1.82, 2.24) is 0 Å². The zero-order valence-electron chi connectivity index (χ0n) is 25.8. The highest BCUT2D eigenvalue weighted by atomic mass is 35.7. The highest BCUT2D eigenvalue weighted by Crippen LogP contribution is 2.14. The molecule has 0 fully saturated rings. The summed E-state index contributed by atoms with van der Waals surface area (Å²) in [5.74, 6) is 0. The Morgan fingerprint density at radius 2 is 0.474 bits per heavy atom. The summed E-state index contributed by atoms with van der Waals surface area (Å²) >= 11 is 0. The third-order valence-corrected chi connectivity index (χ3v) is 7.52. The lowest BCUT2D eigenvalue weighted by Crippen LogP contribution is -2.84. The van der Waals surface area contributed by atoms with E-state index in [1.807, 2.05) is 0 Å². The zero-order valence-corrected chi connectivity index (χ0v) is 26.6. The molecule has 5 nitrogen and oxygen atoms in total. The van der Waals surface area contributed by atoms with Crippen molar-refractivity contribution in [2.24, 2.45) is 0 Å². The zero-order chi connectivity index (χ0) is 28.4. The van der Waals surface area contributed by atoms with E-state index in [2.05, 4.69) is 19.2 Å². The standard InChI is InChI=1S/C32H67N.ClHO4/c1-3-5-7-9-11-13-15-17-19-21-23-25-27-29-31-33-32-30-28-26-24-22-20-18-16-14-12-10-8-6-4-2;2-1(3,4)5/h33H,3-32H2,1-2H3;(H,2,3,4,5). The molecular formula is C32H68ClNO4. The van der Waals surface area contributed by atoms with Gasteiger partial charge in [-0.1, -0.05) is 168 Å². The predicted molar refractivity (Wildman–Crippen MR) is 152 cm³/mol. The monoisotopic (exact) mass is 565 g/mol. The van der Waals surface area contributed by atoms with E-state index < -0.39 is 10.2 Å². The molecule has 0 aliphatic carbocycles. The van der Waals surface area contributed by atoms with Crippen molar-refractivity contribution in [2.75, 3.05) is 13.1 Å². The van der Waals surface area contributed by atoms with Crippen LogP contribution in [-0.2, 0) is 0 Å². The molecule has 0 rings (SSSR count). The average Bonchev–Trinajstić information content (AvgIpc) is 2.87. The molecule has 0 heterocycles. The van der Waals surface area contributed by atoms with Crippen molar-refractivity contribution in [3.63, 3.8) is 0 Å². The first kappa shape index (κ1) is 40.2. The van der Waals surface area contributed by atoms with Crippen LogP contribution in [0.4, 0.5) is 0 Å². The van der Waals surface area contributed by atoms with Crippen molar-refractivity contribution in [3.8, 4) is 0 Å². The average molecular weight is 566 g/mol. The second-order valence-corrected chi connectivity index (χ2v) is 12.2. The maximum atomic E-state index is 8.49. The first-order valence-corrected chi connectivity index (χ1v) is 18.1. The fourth-order valence-electron chi connectivity index (χ4n) is 5.11. The molecule has 0 aromatic rings. The Morgan fingerprint density at radius 3 is 0.658 bits per heavy atom. The van der Waals surface area contributed by atoms with E-state index in [9.17, 15) is 0 Å². The Morgan fingerprint density at radius 1 is 0.316 bits per heavy atom. The van der Waals surface area contributed by atoms with E-state index in [1.54, 1.807) is 0 Å². The van der Waals surface area contributed by atoms with Gasteiger partial charge in [0, 0.05) is 0 Å². The lowest BCUT2D eigenvalue weighted by atomic mass is 10.0. The van der Waals surface area contributed by atoms with Gasteiger partial charge in [0.15, 0.2) is 0 Å². The van der Waals surface area contributed by atoms with Crippen LogP contribution in [0.15, 0.2) is 0 Å². The van der Waals surface area contributed by atoms with Crippen molar-refractivity contribution in [2.45, 2.75) is 194 Å². The molecule has 0 amide bonds. The van der Waals surface area contributed by atoms with Gasteiger partial charge in [-0.3, -0.25) is 0 Å². The van der Waals surface area contributed by atoms with Crippen LogP contribution in [0.2, 0.25) is 0 Å². The number of rotatable bonds is 30. The van der Waals surface area contributed by atoms with Crippen LogP contribution in [0.1, 0.15) is 194 Å². The molecular weight excluding hydrogens is 498 g/mol. The van der Waals surface area contributed by atoms with Crippen LogP contribution in [0.3, 0.4) is 0 Å². The summed E-state index contributed by atoms with van der Waals surface area (Å²) in [5, 5.41) is 2.58. The number of nitrogens with two attached hydrogens (primary N) is 1. The van der Waals surface area contributed by atoms with Crippen molar-refractivity contribution in [1.29, 1.82) is 0 Å². The van der Waals surface area contributed by atoms with Gasteiger partial charge in [-0.25, -0.2) is 18.6 Å². The number of hydrogen-bond acceptors (Lipinski definition) is 4. The Balaban J connectivity index is 0. The molecule has 0 radical (unpaired) electrons. The Bertz CT molecular complexity index is 371. The molecule has 0 saturated heterocycles. The van der Waals surface area contributed by atoms with Gasteiger partial charge in [-0.05, 0) is 25.7 Å². The summed E-state index contributed by atoms with van der Waals surface area (Å²) in [6.45, 7) is 7.35. The minimum absolute atomic E-state index is 1.37. The first-order chi connectivity index (χ1) is 18.4. The number of unbranched alkanes of at least 4 members (excludes halogenated alkanes) is 26. The summed E-state index contributed by atoms with van der Waals surface area (Å²) in [5.41, 5.74) is 0. The second-order valence-electron chi connectivity index (χ2n) is 11.4. The van der Waals surface area contributed by atoms with Crippen molar-refractivity contribution in [3.05, 3.63) is 0 Å². The van der Waals surface area contributed by atoms with Gasteiger partial charge >= 0.3 is 0 Å². The van der Waals surface area contributed by atoms with E-state index >= 15 is 0 Å². The molecule has 2 N–H and O–H groups in total. The van der Waals surface area contributed by atoms with E-state index in [4.69, 9.17) is 18.6 Å². The van der Waals surface area contributed by atoms with Crippen LogP contribution in [0.25, 0.3) is 0 Å². The summed E-state index contributed by atoms with van der Waals surface area (Å²) in [7, 11) is -4.94. The first-order valence-electron chi connectivity index (χ1n) is 16.8. The molecule has 0 spiro atoms. The fraction of sp³-hybridized carbons (Fsp3) is 1.00. The molecule has 0 bridgehead atoms. The predicted octanol–water partition coefficient (Wildman–Crippen LogP) is 5.76. The van der Waals surface area contributed by atoms with E-state index in [0.717, 1.165) is 0 Å². The quantitative estimate of drug-likeness (QED) is 0.112. The lowest BCUT2D eigenvalue weighted by Gasteiger charge is -2.17. The molecule has 0 aromatic heterocycles. The van der Waals surface area contributed by atoms with Gasteiger partial charge in [0.1, 0.15) is 0 Å². The van der Waals surface area contributed by atoms with Crippen molar-refractivity contribution < 1.29 is 34.2 Å². The van der Waals surface area contributed by atoms with Gasteiger partial charge in [-0.15, -0.1) is 10.2 Å². The molecule has 0 aliphatic rings. The molecule has 232 valence electrons. The molecule has 0 aliphatic heterocycles. The topological polar surface area (TPSA) is 109 Å². The minimum Gasteiger partial charge on any atom is -0.346 e. The maximum absolute atomic E-state index is 8.49. The normalized spacial score (nSPS) is 11.5. The molecule has 0 atom stereocenters. The third-order valence-electron chi connectivity index (χ3n) is 7.52. The summed E-state index contributed by atoms with van der Waals surface area (Å²) in [6, 6.07) is 0. The number of halogens is 1. The molecule has 0 saturated carbocycles. The highest BCUT2D eigenvalue weighted by Gasteiger charge is 1.97. The van der Waals surface area contributed by atoms with Gasteiger partial charge in [0.05, 0.1) is 13.1 Å². The van der Waals surface area contributed by atoms with Gasteiger partial charge in [0.2, 0.25) is 0 Å². The van der Waals surface area contributed by atoms with Gasteiger partial charge in [-0.2, -0.15) is 0 Å². The number of hydrogen-bond donors (Lipinski definition) is 1. The molecule has 6 heteroatoms. The second kappa shape index (κ2) is 35.1. The van der Waals surface area contributed by atoms with E-state index in [-0.39, 0.29) is 0 Å². The number of quaternary nitrogens is 1. The van der Waals surface area contributed by atoms with E-state index in [1.165, 1.54) is 193 Å². The summed E-state index contributed by atoms with van der Waals surface area (Å²) in [4.78, 5) is 0.